The quantitative estimate of drug-likeness (QED) is 0.536. The first-order valence-corrected chi connectivity index (χ1v) is 9.58. The van der Waals surface area contributed by atoms with E-state index in [1.54, 1.807) is 4.90 Å². The number of carbonyl (C=O) groups is 2. The molecular formula is C18H26IN3O3. The second-order valence-electron chi connectivity index (χ2n) is 7.16. The second-order valence-corrected chi connectivity index (χ2v) is 8.32. The summed E-state index contributed by atoms with van der Waals surface area (Å²) in [6, 6.07) is 7.68. The van der Waals surface area contributed by atoms with Crippen LogP contribution in [0.5, 0.6) is 0 Å². The number of carbonyl (C=O) groups excluding carboxylic acids is 2. The highest BCUT2D eigenvalue weighted by molar-refractivity contribution is 14.1. The number of amides is 2. The van der Waals surface area contributed by atoms with Crippen molar-refractivity contribution in [2.75, 3.05) is 25.0 Å². The van der Waals surface area contributed by atoms with Gasteiger partial charge in [0.25, 0.3) is 0 Å². The summed E-state index contributed by atoms with van der Waals surface area (Å²) in [6.45, 7) is 7.01. The monoisotopic (exact) mass is 459 g/mol. The fraction of sp³-hybridized carbons (Fsp3) is 0.556. The summed E-state index contributed by atoms with van der Waals surface area (Å²) >= 11 is 2.20. The van der Waals surface area contributed by atoms with Crippen molar-refractivity contribution in [3.8, 4) is 0 Å². The third-order valence-electron chi connectivity index (χ3n) is 3.78. The molecule has 2 amide bonds. The number of piperidine rings is 1. The average molecular weight is 459 g/mol. The van der Waals surface area contributed by atoms with Crippen LogP contribution in [0.1, 0.15) is 33.6 Å². The van der Waals surface area contributed by atoms with E-state index in [0.29, 0.717) is 6.54 Å². The Morgan fingerprint density at radius 2 is 2.04 bits per heavy atom. The number of para-hydroxylation sites is 1. The summed E-state index contributed by atoms with van der Waals surface area (Å²) in [4.78, 5) is 26.1. The van der Waals surface area contributed by atoms with Crippen LogP contribution in [0, 0.1) is 3.57 Å². The summed E-state index contributed by atoms with van der Waals surface area (Å²) in [6.07, 6.45) is 1.85. The van der Waals surface area contributed by atoms with Crippen LogP contribution in [0.4, 0.5) is 10.5 Å². The lowest BCUT2D eigenvalue weighted by Gasteiger charge is -2.33. The normalized spacial score (nSPS) is 17.9. The Kier molecular flexibility index (Phi) is 7.06. The lowest BCUT2D eigenvalue weighted by atomic mass is 10.1. The Morgan fingerprint density at radius 1 is 1.32 bits per heavy atom. The van der Waals surface area contributed by atoms with E-state index in [-0.39, 0.29) is 24.6 Å². The molecule has 25 heavy (non-hydrogen) atoms. The van der Waals surface area contributed by atoms with Gasteiger partial charge in [-0.25, -0.2) is 4.79 Å². The first-order chi connectivity index (χ1) is 11.7. The maximum absolute atomic E-state index is 12.5. The molecule has 1 heterocycles. The number of halogens is 1. The van der Waals surface area contributed by atoms with Crippen LogP contribution in [0.25, 0.3) is 0 Å². The topological polar surface area (TPSA) is 70.7 Å². The summed E-state index contributed by atoms with van der Waals surface area (Å²) in [5.41, 5.74) is 0.335. The number of likely N-dealkylation sites (tertiary alicyclic amines) is 1. The molecular weight excluding hydrogens is 433 g/mol. The molecule has 1 aliphatic rings. The number of benzene rings is 1. The molecule has 1 aliphatic heterocycles. The van der Waals surface area contributed by atoms with Crippen molar-refractivity contribution in [3.05, 3.63) is 27.8 Å². The van der Waals surface area contributed by atoms with Crippen molar-refractivity contribution in [1.82, 2.24) is 10.2 Å². The summed E-state index contributed by atoms with van der Waals surface area (Å²) in [5, 5.41) is 6.16. The number of nitrogens with zero attached hydrogens (tertiary/aromatic N) is 1. The van der Waals surface area contributed by atoms with E-state index >= 15 is 0 Å². The standard InChI is InChI=1S/C18H26IN3O3/c1-18(2,3)25-16(23)11-20-13-7-6-10-22(12-13)17(24)21-15-9-5-4-8-14(15)19/h4-5,8-9,13,20H,6-7,10-12H2,1-3H3,(H,21,24)/t13-/m1/s1. The minimum absolute atomic E-state index is 0.0989. The van der Waals surface area contributed by atoms with E-state index in [9.17, 15) is 9.59 Å². The molecule has 1 fully saturated rings. The number of anilines is 1. The minimum atomic E-state index is -0.482. The number of nitrogens with one attached hydrogen (secondary N) is 2. The van der Waals surface area contributed by atoms with E-state index in [2.05, 4.69) is 33.2 Å². The predicted octanol–water partition coefficient (Wildman–Crippen LogP) is 3.22. The van der Waals surface area contributed by atoms with Crippen LogP contribution in [-0.4, -0.2) is 48.2 Å². The zero-order valence-electron chi connectivity index (χ0n) is 15.0. The maximum atomic E-state index is 12.5. The van der Waals surface area contributed by atoms with E-state index in [0.717, 1.165) is 28.6 Å². The van der Waals surface area contributed by atoms with Crippen LogP contribution in [0.15, 0.2) is 24.3 Å². The first-order valence-electron chi connectivity index (χ1n) is 8.50. The molecule has 0 bridgehead atoms. The minimum Gasteiger partial charge on any atom is -0.459 e. The third-order valence-corrected chi connectivity index (χ3v) is 4.72. The molecule has 0 unspecified atom stereocenters. The van der Waals surface area contributed by atoms with Gasteiger partial charge in [-0.1, -0.05) is 12.1 Å². The van der Waals surface area contributed by atoms with Gasteiger partial charge < -0.3 is 20.3 Å². The fourth-order valence-electron chi connectivity index (χ4n) is 2.69. The summed E-state index contributed by atoms with van der Waals surface area (Å²) in [7, 11) is 0. The predicted molar refractivity (Wildman–Crippen MR) is 107 cm³/mol. The molecule has 0 aromatic heterocycles. The smallest absolute Gasteiger partial charge is 0.321 e. The van der Waals surface area contributed by atoms with E-state index in [4.69, 9.17) is 4.74 Å². The van der Waals surface area contributed by atoms with Gasteiger partial charge in [-0.2, -0.15) is 0 Å². The lowest BCUT2D eigenvalue weighted by molar-refractivity contribution is -0.153. The molecule has 2 N–H and O–H groups in total. The van der Waals surface area contributed by atoms with Crippen molar-refractivity contribution in [2.24, 2.45) is 0 Å². The number of urea groups is 1. The number of ether oxygens (including phenoxy) is 1. The Morgan fingerprint density at radius 3 is 2.72 bits per heavy atom. The van der Waals surface area contributed by atoms with Crippen LogP contribution in [-0.2, 0) is 9.53 Å². The van der Waals surface area contributed by atoms with Gasteiger partial charge in [0.1, 0.15) is 5.60 Å². The van der Waals surface area contributed by atoms with E-state index in [1.807, 2.05) is 45.0 Å². The van der Waals surface area contributed by atoms with Gasteiger partial charge in [-0.15, -0.1) is 0 Å². The molecule has 0 radical (unpaired) electrons. The zero-order valence-corrected chi connectivity index (χ0v) is 17.1. The van der Waals surface area contributed by atoms with E-state index < -0.39 is 5.60 Å². The summed E-state index contributed by atoms with van der Waals surface area (Å²) < 4.78 is 6.30. The molecule has 1 aromatic rings. The van der Waals surface area contributed by atoms with Gasteiger partial charge in [-0.05, 0) is 68.3 Å². The fourth-order valence-corrected chi connectivity index (χ4v) is 3.21. The molecule has 0 spiro atoms. The molecule has 1 saturated heterocycles. The molecule has 1 atom stereocenters. The summed E-state index contributed by atoms with van der Waals surface area (Å²) in [5.74, 6) is -0.270. The van der Waals surface area contributed by atoms with Crippen molar-refractivity contribution in [3.63, 3.8) is 0 Å². The Bertz CT molecular complexity index is 616. The number of rotatable bonds is 4. The molecule has 6 nitrogen and oxygen atoms in total. The van der Waals surface area contributed by atoms with Gasteiger partial charge in [0.2, 0.25) is 0 Å². The lowest BCUT2D eigenvalue weighted by Crippen LogP contribution is -2.50. The largest absolute Gasteiger partial charge is 0.459 e. The Labute approximate surface area is 162 Å². The van der Waals surface area contributed by atoms with Crippen LogP contribution >= 0.6 is 22.6 Å². The van der Waals surface area contributed by atoms with Gasteiger partial charge in [0, 0.05) is 22.7 Å². The molecule has 0 saturated carbocycles. The van der Waals surface area contributed by atoms with E-state index in [1.165, 1.54) is 0 Å². The second kappa shape index (κ2) is 8.84. The van der Waals surface area contributed by atoms with Crippen molar-refractivity contribution in [1.29, 1.82) is 0 Å². The molecule has 2 rings (SSSR count). The number of hydrogen-bond donors (Lipinski definition) is 2. The van der Waals surface area contributed by atoms with Crippen molar-refractivity contribution >= 4 is 40.3 Å². The molecule has 0 aliphatic carbocycles. The van der Waals surface area contributed by atoms with Crippen molar-refractivity contribution < 1.29 is 14.3 Å². The van der Waals surface area contributed by atoms with Gasteiger partial charge >= 0.3 is 12.0 Å². The SMILES string of the molecule is CC(C)(C)OC(=O)CN[C@@H]1CCCN(C(=O)Nc2ccccc2I)C1. The molecule has 1 aromatic carbocycles. The highest BCUT2D eigenvalue weighted by Crippen LogP contribution is 2.18. The van der Waals surface area contributed by atoms with Gasteiger partial charge in [0.05, 0.1) is 12.2 Å². The maximum Gasteiger partial charge on any atom is 0.321 e. The Hall–Kier alpha value is -1.35. The first kappa shape index (κ1) is 20.0. The van der Waals surface area contributed by atoms with Crippen LogP contribution in [0.3, 0.4) is 0 Å². The van der Waals surface area contributed by atoms with Crippen molar-refractivity contribution in [2.45, 2.75) is 45.3 Å². The zero-order chi connectivity index (χ0) is 18.4. The van der Waals surface area contributed by atoms with Crippen LogP contribution in [0.2, 0.25) is 0 Å². The van der Waals surface area contributed by atoms with Gasteiger partial charge in [-0.3, -0.25) is 4.79 Å². The number of esters is 1. The molecule has 7 heteroatoms. The number of hydrogen-bond acceptors (Lipinski definition) is 4. The molecule has 138 valence electrons. The highest BCUT2D eigenvalue weighted by atomic mass is 127. The Balaban J connectivity index is 1.83. The van der Waals surface area contributed by atoms with Gasteiger partial charge in [0.15, 0.2) is 0 Å². The highest BCUT2D eigenvalue weighted by Gasteiger charge is 2.25. The average Bonchev–Trinajstić information content (AvgIpc) is 2.54. The van der Waals surface area contributed by atoms with Crippen LogP contribution < -0.4 is 10.6 Å². The third kappa shape index (κ3) is 6.81.